The van der Waals surface area contributed by atoms with E-state index in [-0.39, 0.29) is 5.52 Å². The number of halogens is 3. The fourth-order valence-electron chi connectivity index (χ4n) is 1.64. The van der Waals surface area contributed by atoms with Gasteiger partial charge in [0.05, 0.1) is 10.9 Å². The van der Waals surface area contributed by atoms with Gasteiger partial charge in [-0.05, 0) is 24.6 Å². The number of aromatic nitrogens is 1. The fraction of sp³-hybridized carbons (Fsp3) is 0.182. The van der Waals surface area contributed by atoms with E-state index in [1.807, 2.05) is 0 Å². The van der Waals surface area contributed by atoms with Crippen LogP contribution in [0.5, 0.6) is 0 Å². The van der Waals surface area contributed by atoms with E-state index >= 15 is 0 Å². The van der Waals surface area contributed by atoms with Crippen LogP contribution >= 0.6 is 0 Å². The summed E-state index contributed by atoms with van der Waals surface area (Å²) in [5, 5.41) is 11.9. The highest BCUT2D eigenvalue weighted by Crippen LogP contribution is 2.32. The Balaban J connectivity index is 2.81. The minimum absolute atomic E-state index is 0.0369. The van der Waals surface area contributed by atoms with Crippen LogP contribution in [0.25, 0.3) is 10.9 Å². The third-order valence-electron chi connectivity index (χ3n) is 2.41. The van der Waals surface area contributed by atoms with E-state index in [4.69, 9.17) is 0 Å². The molecule has 0 saturated heterocycles. The van der Waals surface area contributed by atoms with Crippen molar-refractivity contribution in [1.82, 2.24) is 0 Å². The predicted molar refractivity (Wildman–Crippen MR) is 52.6 cm³/mol. The van der Waals surface area contributed by atoms with E-state index in [0.717, 1.165) is 12.1 Å². The summed E-state index contributed by atoms with van der Waals surface area (Å²) in [6.45, 7) is 1.55. The van der Waals surface area contributed by atoms with Crippen LogP contribution < -0.4 is 4.73 Å². The topological polar surface area (TPSA) is 26.9 Å². The molecule has 0 aliphatic heterocycles. The Bertz CT molecular complexity index is 549. The van der Waals surface area contributed by atoms with Gasteiger partial charge >= 0.3 is 6.18 Å². The number of aryl methyl sites for hydroxylation is 1. The van der Waals surface area contributed by atoms with Crippen molar-refractivity contribution in [2.45, 2.75) is 13.1 Å². The molecule has 0 fully saturated rings. The lowest BCUT2D eigenvalue weighted by Crippen LogP contribution is -2.26. The van der Waals surface area contributed by atoms with Crippen LogP contribution in [-0.2, 0) is 6.18 Å². The molecule has 2 aromatic rings. The molecule has 1 aromatic carbocycles. The molecule has 16 heavy (non-hydrogen) atoms. The van der Waals surface area contributed by atoms with Crippen LogP contribution in [0, 0.1) is 12.1 Å². The van der Waals surface area contributed by atoms with Crippen LogP contribution in [0.4, 0.5) is 13.2 Å². The highest BCUT2D eigenvalue weighted by Gasteiger charge is 2.32. The van der Waals surface area contributed by atoms with Crippen molar-refractivity contribution in [1.29, 1.82) is 0 Å². The zero-order valence-electron chi connectivity index (χ0n) is 8.38. The van der Waals surface area contributed by atoms with E-state index < -0.39 is 11.7 Å². The SMILES string of the molecule is Cc1cc(C(F)(F)F)cc2c1ccc[n+]2[O-]. The summed E-state index contributed by atoms with van der Waals surface area (Å²) in [6, 6.07) is 5.05. The van der Waals surface area contributed by atoms with Gasteiger partial charge in [-0.25, -0.2) is 0 Å². The molecule has 2 nitrogen and oxygen atoms in total. The van der Waals surface area contributed by atoms with Gasteiger partial charge in [0, 0.05) is 12.1 Å². The first kappa shape index (κ1) is 10.7. The van der Waals surface area contributed by atoms with Crippen molar-refractivity contribution in [3.63, 3.8) is 0 Å². The van der Waals surface area contributed by atoms with Crippen LogP contribution in [0.1, 0.15) is 11.1 Å². The molecule has 84 valence electrons. The van der Waals surface area contributed by atoms with Crippen molar-refractivity contribution in [3.8, 4) is 0 Å². The molecular formula is C11H8F3NO. The van der Waals surface area contributed by atoms with Gasteiger partial charge in [0.15, 0.2) is 6.20 Å². The van der Waals surface area contributed by atoms with Gasteiger partial charge in [-0.15, -0.1) is 0 Å². The lowest BCUT2D eigenvalue weighted by Gasteiger charge is -2.09. The summed E-state index contributed by atoms with van der Waals surface area (Å²) < 4.78 is 38.0. The van der Waals surface area contributed by atoms with Crippen molar-refractivity contribution in [3.05, 3.63) is 46.8 Å². The molecule has 1 aromatic heterocycles. The van der Waals surface area contributed by atoms with Crippen LogP contribution in [0.3, 0.4) is 0 Å². The molecule has 0 amide bonds. The Morgan fingerprint density at radius 2 is 1.94 bits per heavy atom. The second-order valence-corrected chi connectivity index (χ2v) is 3.56. The van der Waals surface area contributed by atoms with Gasteiger partial charge in [0.25, 0.3) is 0 Å². The Hall–Kier alpha value is -1.78. The number of hydrogen-bond donors (Lipinski definition) is 0. The van der Waals surface area contributed by atoms with E-state index in [9.17, 15) is 18.4 Å². The number of alkyl halides is 3. The Morgan fingerprint density at radius 1 is 1.25 bits per heavy atom. The average molecular weight is 227 g/mol. The monoisotopic (exact) mass is 227 g/mol. The first-order chi connectivity index (χ1) is 7.39. The predicted octanol–water partition coefficient (Wildman–Crippen LogP) is 2.80. The number of fused-ring (bicyclic) bond motifs is 1. The Kier molecular flexibility index (Phi) is 2.26. The first-order valence-corrected chi connectivity index (χ1v) is 4.59. The summed E-state index contributed by atoms with van der Waals surface area (Å²) in [6.07, 6.45) is -3.25. The molecule has 5 heteroatoms. The maximum Gasteiger partial charge on any atom is 0.416 e. The van der Waals surface area contributed by atoms with Crippen molar-refractivity contribution < 1.29 is 17.9 Å². The molecule has 0 atom stereocenters. The van der Waals surface area contributed by atoms with Gasteiger partial charge in [0.2, 0.25) is 5.52 Å². The number of pyridine rings is 1. The maximum atomic E-state index is 12.5. The van der Waals surface area contributed by atoms with E-state index in [1.165, 1.54) is 12.3 Å². The third kappa shape index (κ3) is 1.68. The normalized spacial score (nSPS) is 12.0. The highest BCUT2D eigenvalue weighted by atomic mass is 19.4. The smallest absolute Gasteiger partial charge is 0.416 e. The zero-order chi connectivity index (χ0) is 11.9. The molecule has 0 N–H and O–H groups in total. The van der Waals surface area contributed by atoms with Crippen LogP contribution in [0.15, 0.2) is 30.5 Å². The number of nitrogens with zero attached hydrogens (tertiary/aromatic N) is 1. The summed E-state index contributed by atoms with van der Waals surface area (Å²) in [5.74, 6) is 0. The average Bonchev–Trinajstić information content (AvgIpc) is 2.18. The Labute approximate surface area is 89.5 Å². The second-order valence-electron chi connectivity index (χ2n) is 3.56. The summed E-state index contributed by atoms with van der Waals surface area (Å²) >= 11 is 0. The van der Waals surface area contributed by atoms with Crippen molar-refractivity contribution in [2.24, 2.45) is 0 Å². The summed E-state index contributed by atoms with van der Waals surface area (Å²) in [4.78, 5) is 0. The fourth-order valence-corrected chi connectivity index (χ4v) is 1.64. The third-order valence-corrected chi connectivity index (χ3v) is 2.41. The lowest BCUT2D eigenvalue weighted by molar-refractivity contribution is -0.577. The first-order valence-electron chi connectivity index (χ1n) is 4.59. The molecule has 2 rings (SSSR count). The van der Waals surface area contributed by atoms with Gasteiger partial charge < -0.3 is 5.21 Å². The molecular weight excluding hydrogens is 219 g/mol. The number of benzene rings is 1. The van der Waals surface area contributed by atoms with Gasteiger partial charge in [-0.1, -0.05) is 0 Å². The van der Waals surface area contributed by atoms with Crippen LogP contribution in [0.2, 0.25) is 0 Å². The summed E-state index contributed by atoms with van der Waals surface area (Å²) in [7, 11) is 0. The zero-order valence-corrected chi connectivity index (χ0v) is 8.38. The molecule has 0 spiro atoms. The summed E-state index contributed by atoms with van der Waals surface area (Å²) in [5.41, 5.74) is -0.321. The molecule has 0 aliphatic rings. The maximum absolute atomic E-state index is 12.5. The van der Waals surface area contributed by atoms with E-state index in [0.29, 0.717) is 15.7 Å². The minimum Gasteiger partial charge on any atom is -0.618 e. The van der Waals surface area contributed by atoms with Crippen molar-refractivity contribution >= 4 is 10.9 Å². The number of rotatable bonds is 0. The lowest BCUT2D eigenvalue weighted by atomic mass is 10.1. The van der Waals surface area contributed by atoms with Gasteiger partial charge in [-0.2, -0.15) is 17.9 Å². The largest absolute Gasteiger partial charge is 0.618 e. The molecule has 0 radical (unpaired) electrons. The second kappa shape index (κ2) is 3.37. The van der Waals surface area contributed by atoms with Gasteiger partial charge in [-0.3, -0.25) is 0 Å². The van der Waals surface area contributed by atoms with Gasteiger partial charge in [0.1, 0.15) is 0 Å². The quantitative estimate of drug-likeness (QED) is 0.502. The standard InChI is InChI=1S/C11H8F3NO/c1-7-5-8(11(12,13)14)6-10-9(7)3-2-4-15(10)16/h2-6H,1H3. The van der Waals surface area contributed by atoms with E-state index in [1.54, 1.807) is 13.0 Å². The Morgan fingerprint density at radius 3 is 2.56 bits per heavy atom. The highest BCUT2D eigenvalue weighted by molar-refractivity contribution is 5.80. The number of hydrogen-bond acceptors (Lipinski definition) is 1. The molecule has 0 saturated carbocycles. The molecule has 0 aliphatic carbocycles. The minimum atomic E-state index is -4.43. The molecule has 0 unspecified atom stereocenters. The van der Waals surface area contributed by atoms with Crippen molar-refractivity contribution in [2.75, 3.05) is 0 Å². The molecule has 0 bridgehead atoms. The van der Waals surface area contributed by atoms with Crippen LogP contribution in [-0.4, -0.2) is 0 Å². The molecule has 1 heterocycles. The van der Waals surface area contributed by atoms with E-state index in [2.05, 4.69) is 0 Å².